The van der Waals surface area contributed by atoms with Gasteiger partial charge in [-0.25, -0.2) is 0 Å². The van der Waals surface area contributed by atoms with Crippen LogP contribution in [0.5, 0.6) is 0 Å². The molecule has 2 nitrogen and oxygen atoms in total. The summed E-state index contributed by atoms with van der Waals surface area (Å²) >= 11 is 6.10. The lowest BCUT2D eigenvalue weighted by Crippen LogP contribution is -2.18. The standard InChI is InChI=1S/C11H15ClN2/c1-13-10(7-8-4-5-8)11-9(12)3-2-6-14-11/h2-3,6,8,10,13H,4-5,7H2,1H3. The Bertz CT molecular complexity index is 310. The molecule has 1 aromatic heterocycles. The summed E-state index contributed by atoms with van der Waals surface area (Å²) in [6, 6.07) is 4.09. The first-order valence-corrected chi connectivity index (χ1v) is 5.46. The van der Waals surface area contributed by atoms with Crippen LogP contribution in [0, 0.1) is 5.92 Å². The Morgan fingerprint density at radius 1 is 1.64 bits per heavy atom. The zero-order chi connectivity index (χ0) is 9.97. The second kappa shape index (κ2) is 4.28. The average Bonchev–Trinajstić information content (AvgIpc) is 2.99. The fourth-order valence-electron chi connectivity index (χ4n) is 1.71. The smallest absolute Gasteiger partial charge is 0.0758 e. The summed E-state index contributed by atoms with van der Waals surface area (Å²) in [7, 11) is 1.97. The van der Waals surface area contributed by atoms with Gasteiger partial charge < -0.3 is 5.32 Å². The molecule has 0 saturated heterocycles. The monoisotopic (exact) mass is 210 g/mol. The highest BCUT2D eigenvalue weighted by Gasteiger charge is 2.26. The molecule has 1 aliphatic carbocycles. The van der Waals surface area contributed by atoms with E-state index in [1.165, 1.54) is 12.8 Å². The van der Waals surface area contributed by atoms with E-state index in [9.17, 15) is 0 Å². The molecule has 1 heterocycles. The maximum Gasteiger partial charge on any atom is 0.0758 e. The molecule has 1 aliphatic rings. The van der Waals surface area contributed by atoms with Crippen molar-refractivity contribution in [1.82, 2.24) is 10.3 Å². The van der Waals surface area contributed by atoms with Gasteiger partial charge >= 0.3 is 0 Å². The van der Waals surface area contributed by atoms with Crippen LogP contribution >= 0.6 is 11.6 Å². The van der Waals surface area contributed by atoms with Crippen LogP contribution in [0.15, 0.2) is 18.3 Å². The molecule has 1 fully saturated rings. The molecule has 76 valence electrons. The molecule has 1 aromatic rings. The Morgan fingerprint density at radius 2 is 2.43 bits per heavy atom. The minimum absolute atomic E-state index is 0.316. The van der Waals surface area contributed by atoms with Gasteiger partial charge in [-0.1, -0.05) is 24.4 Å². The Kier molecular flexibility index (Phi) is 3.04. The highest BCUT2D eigenvalue weighted by atomic mass is 35.5. The van der Waals surface area contributed by atoms with Gasteiger partial charge in [0.25, 0.3) is 0 Å². The van der Waals surface area contributed by atoms with Gasteiger partial charge in [0.2, 0.25) is 0 Å². The van der Waals surface area contributed by atoms with Crippen molar-refractivity contribution >= 4 is 11.6 Å². The molecule has 1 atom stereocenters. The maximum absolute atomic E-state index is 6.10. The van der Waals surface area contributed by atoms with Crippen LogP contribution in [0.2, 0.25) is 5.02 Å². The Balaban J connectivity index is 2.12. The van der Waals surface area contributed by atoms with E-state index in [4.69, 9.17) is 11.6 Å². The van der Waals surface area contributed by atoms with Crippen molar-refractivity contribution in [2.45, 2.75) is 25.3 Å². The van der Waals surface area contributed by atoms with Crippen molar-refractivity contribution in [3.05, 3.63) is 29.0 Å². The molecule has 3 heteroatoms. The normalized spacial score (nSPS) is 18.1. The third-order valence-corrected chi connectivity index (χ3v) is 3.05. The quantitative estimate of drug-likeness (QED) is 0.827. The van der Waals surface area contributed by atoms with E-state index >= 15 is 0 Å². The average molecular weight is 211 g/mol. The largest absolute Gasteiger partial charge is 0.312 e. The summed E-state index contributed by atoms with van der Waals surface area (Å²) in [5, 5.41) is 4.05. The van der Waals surface area contributed by atoms with Crippen molar-refractivity contribution < 1.29 is 0 Å². The Morgan fingerprint density at radius 3 is 3.00 bits per heavy atom. The SMILES string of the molecule is CNC(CC1CC1)c1ncccc1Cl. The van der Waals surface area contributed by atoms with Gasteiger partial charge in [0, 0.05) is 6.20 Å². The van der Waals surface area contributed by atoms with Crippen LogP contribution in [0.1, 0.15) is 31.0 Å². The van der Waals surface area contributed by atoms with E-state index in [2.05, 4.69) is 10.3 Å². The number of halogens is 1. The van der Waals surface area contributed by atoms with Gasteiger partial charge in [-0.3, -0.25) is 4.98 Å². The third-order valence-electron chi connectivity index (χ3n) is 2.73. The van der Waals surface area contributed by atoms with E-state index in [0.717, 1.165) is 23.1 Å². The second-order valence-corrected chi connectivity index (χ2v) is 4.30. The Hall–Kier alpha value is -0.600. The second-order valence-electron chi connectivity index (χ2n) is 3.89. The van der Waals surface area contributed by atoms with E-state index in [1.54, 1.807) is 6.20 Å². The highest BCUT2D eigenvalue weighted by Crippen LogP contribution is 2.38. The molecule has 0 radical (unpaired) electrons. The van der Waals surface area contributed by atoms with Gasteiger partial charge in [-0.2, -0.15) is 0 Å². The van der Waals surface area contributed by atoms with Crippen molar-refractivity contribution in [1.29, 1.82) is 0 Å². The molecule has 1 N–H and O–H groups in total. The number of aromatic nitrogens is 1. The lowest BCUT2D eigenvalue weighted by Gasteiger charge is -2.16. The van der Waals surface area contributed by atoms with Crippen molar-refractivity contribution in [3.8, 4) is 0 Å². The van der Waals surface area contributed by atoms with Crippen LogP contribution in [-0.2, 0) is 0 Å². The van der Waals surface area contributed by atoms with Gasteiger partial charge in [0.05, 0.1) is 16.8 Å². The topological polar surface area (TPSA) is 24.9 Å². The number of nitrogens with zero attached hydrogens (tertiary/aromatic N) is 1. The third kappa shape index (κ3) is 2.25. The number of nitrogens with one attached hydrogen (secondary N) is 1. The van der Waals surface area contributed by atoms with Gasteiger partial charge in [0.15, 0.2) is 0 Å². The summed E-state index contributed by atoms with van der Waals surface area (Å²) in [4.78, 5) is 4.34. The van der Waals surface area contributed by atoms with Crippen LogP contribution in [0.4, 0.5) is 0 Å². The molecule has 1 saturated carbocycles. The fourth-order valence-corrected chi connectivity index (χ4v) is 1.96. The zero-order valence-electron chi connectivity index (χ0n) is 8.33. The van der Waals surface area contributed by atoms with Crippen LogP contribution in [-0.4, -0.2) is 12.0 Å². The molecule has 0 amide bonds. The molecule has 0 aliphatic heterocycles. The zero-order valence-corrected chi connectivity index (χ0v) is 9.09. The number of hydrogen-bond acceptors (Lipinski definition) is 2. The number of hydrogen-bond donors (Lipinski definition) is 1. The molecule has 0 spiro atoms. The molecule has 0 bridgehead atoms. The summed E-state index contributed by atoms with van der Waals surface area (Å²) in [6.45, 7) is 0. The maximum atomic E-state index is 6.10. The van der Waals surface area contributed by atoms with Crippen molar-refractivity contribution in [2.24, 2.45) is 5.92 Å². The first kappa shape index (κ1) is 9.94. The first-order valence-electron chi connectivity index (χ1n) is 5.09. The summed E-state index contributed by atoms with van der Waals surface area (Å²) in [6.07, 6.45) is 5.69. The molecule has 0 aromatic carbocycles. The number of rotatable bonds is 4. The fraction of sp³-hybridized carbons (Fsp3) is 0.545. The van der Waals surface area contributed by atoms with Crippen molar-refractivity contribution in [2.75, 3.05) is 7.05 Å². The number of pyridine rings is 1. The lowest BCUT2D eigenvalue weighted by atomic mass is 10.1. The van der Waals surface area contributed by atoms with E-state index < -0.39 is 0 Å². The molecular weight excluding hydrogens is 196 g/mol. The first-order chi connectivity index (χ1) is 6.81. The van der Waals surface area contributed by atoms with E-state index in [1.807, 2.05) is 19.2 Å². The van der Waals surface area contributed by atoms with Crippen LogP contribution < -0.4 is 5.32 Å². The summed E-state index contributed by atoms with van der Waals surface area (Å²) in [5.74, 6) is 0.880. The van der Waals surface area contributed by atoms with E-state index in [0.29, 0.717) is 6.04 Å². The Labute approximate surface area is 89.7 Å². The molecule has 14 heavy (non-hydrogen) atoms. The highest BCUT2D eigenvalue weighted by molar-refractivity contribution is 6.31. The predicted octanol–water partition coefficient (Wildman–Crippen LogP) is 2.80. The predicted molar refractivity (Wildman–Crippen MR) is 58.4 cm³/mol. The minimum atomic E-state index is 0.316. The lowest BCUT2D eigenvalue weighted by molar-refractivity contribution is 0.503. The van der Waals surface area contributed by atoms with Crippen LogP contribution in [0.25, 0.3) is 0 Å². The minimum Gasteiger partial charge on any atom is -0.312 e. The van der Waals surface area contributed by atoms with Gasteiger partial charge in [-0.15, -0.1) is 0 Å². The molecule has 1 unspecified atom stereocenters. The molecular formula is C11H15ClN2. The summed E-state index contributed by atoms with van der Waals surface area (Å²) in [5.41, 5.74) is 0.989. The van der Waals surface area contributed by atoms with Crippen molar-refractivity contribution in [3.63, 3.8) is 0 Å². The van der Waals surface area contributed by atoms with E-state index in [-0.39, 0.29) is 0 Å². The van der Waals surface area contributed by atoms with Crippen LogP contribution in [0.3, 0.4) is 0 Å². The van der Waals surface area contributed by atoms with Gasteiger partial charge in [0.1, 0.15) is 0 Å². The molecule has 2 rings (SSSR count). The summed E-state index contributed by atoms with van der Waals surface area (Å²) < 4.78 is 0. The van der Waals surface area contributed by atoms with Gasteiger partial charge in [-0.05, 0) is 31.5 Å².